The third-order valence-electron chi connectivity index (χ3n) is 1.71. The zero-order valence-electron chi connectivity index (χ0n) is 6.06. The fraction of sp³-hybridized carbons (Fsp3) is 0.571. The first kappa shape index (κ1) is 10.5. The van der Waals surface area contributed by atoms with Crippen LogP contribution in [0.5, 0.6) is 0 Å². The van der Waals surface area contributed by atoms with Crippen LogP contribution in [0.2, 0.25) is 0 Å². The lowest BCUT2D eigenvalue weighted by molar-refractivity contribution is -0.142. The van der Waals surface area contributed by atoms with Gasteiger partial charge in [0.05, 0.1) is 5.92 Å². The second-order valence-electron chi connectivity index (χ2n) is 2.60. The number of hydrogen-bond acceptors (Lipinski definition) is 2. The van der Waals surface area contributed by atoms with Crippen LogP contribution in [-0.4, -0.2) is 17.1 Å². The molecule has 0 fully saturated rings. The monoisotopic (exact) mass is 177 g/mol. The highest BCUT2D eigenvalue weighted by molar-refractivity contribution is 5.85. The van der Waals surface area contributed by atoms with Crippen LogP contribution in [0.1, 0.15) is 12.8 Å². The summed E-state index contributed by atoms with van der Waals surface area (Å²) in [6.45, 7) is 0. The molecule has 1 aliphatic carbocycles. The molecular formula is C7H12ClNO2. The van der Waals surface area contributed by atoms with Gasteiger partial charge in [-0.15, -0.1) is 12.4 Å². The molecule has 4 heteroatoms. The van der Waals surface area contributed by atoms with Crippen LogP contribution >= 0.6 is 12.4 Å². The molecular weight excluding hydrogens is 166 g/mol. The summed E-state index contributed by atoms with van der Waals surface area (Å²) in [7, 11) is 0. The fourth-order valence-corrected chi connectivity index (χ4v) is 1.12. The van der Waals surface area contributed by atoms with Crippen molar-refractivity contribution in [3.05, 3.63) is 12.2 Å². The minimum Gasteiger partial charge on any atom is -0.481 e. The molecule has 0 heterocycles. The molecule has 0 aromatic carbocycles. The van der Waals surface area contributed by atoms with Crippen LogP contribution in [0, 0.1) is 5.92 Å². The summed E-state index contributed by atoms with van der Waals surface area (Å²) < 4.78 is 0. The molecule has 0 saturated carbocycles. The average Bonchev–Trinajstić information content (AvgIpc) is 1.88. The molecule has 0 aliphatic heterocycles. The van der Waals surface area contributed by atoms with E-state index in [1.54, 1.807) is 0 Å². The van der Waals surface area contributed by atoms with Gasteiger partial charge in [0.25, 0.3) is 0 Å². The van der Waals surface area contributed by atoms with Crippen molar-refractivity contribution in [1.82, 2.24) is 0 Å². The van der Waals surface area contributed by atoms with Gasteiger partial charge in [0.15, 0.2) is 0 Å². The maximum Gasteiger partial charge on any atom is 0.306 e. The molecule has 3 N–H and O–H groups in total. The van der Waals surface area contributed by atoms with Crippen LogP contribution in [-0.2, 0) is 4.79 Å². The number of carboxylic acid groups (broad SMARTS) is 1. The number of allylic oxidation sites excluding steroid dienone is 1. The lowest BCUT2D eigenvalue weighted by Gasteiger charge is -2.17. The second-order valence-corrected chi connectivity index (χ2v) is 2.60. The van der Waals surface area contributed by atoms with Crippen molar-refractivity contribution in [2.75, 3.05) is 0 Å². The standard InChI is InChI=1S/C7H11NO2.ClH/c8-6-3-1-2-5(4-6)7(9)10;/h1,3,5-6H,2,4,8H2,(H,9,10);1H. The van der Waals surface area contributed by atoms with Gasteiger partial charge in [0.1, 0.15) is 0 Å². The highest BCUT2D eigenvalue weighted by Crippen LogP contribution is 2.16. The molecule has 0 aromatic rings. The van der Waals surface area contributed by atoms with Gasteiger partial charge in [-0.2, -0.15) is 0 Å². The van der Waals surface area contributed by atoms with E-state index in [0.29, 0.717) is 12.8 Å². The summed E-state index contributed by atoms with van der Waals surface area (Å²) >= 11 is 0. The number of nitrogens with two attached hydrogens (primary N) is 1. The summed E-state index contributed by atoms with van der Waals surface area (Å²) in [6.07, 6.45) is 4.90. The lowest BCUT2D eigenvalue weighted by Crippen LogP contribution is -2.28. The molecule has 2 atom stereocenters. The van der Waals surface area contributed by atoms with E-state index < -0.39 is 5.97 Å². The smallest absolute Gasteiger partial charge is 0.306 e. The maximum absolute atomic E-state index is 10.4. The predicted molar refractivity (Wildman–Crippen MR) is 44.7 cm³/mol. The fourth-order valence-electron chi connectivity index (χ4n) is 1.12. The molecule has 0 bridgehead atoms. The Labute approximate surface area is 71.7 Å². The summed E-state index contributed by atoms with van der Waals surface area (Å²) in [5.74, 6) is -1.00. The highest BCUT2D eigenvalue weighted by atomic mass is 35.5. The number of aliphatic carboxylic acids is 1. The number of halogens is 1. The van der Waals surface area contributed by atoms with Crippen molar-refractivity contribution in [2.45, 2.75) is 18.9 Å². The Morgan fingerprint density at radius 2 is 2.27 bits per heavy atom. The summed E-state index contributed by atoms with van der Waals surface area (Å²) in [5, 5.41) is 8.57. The van der Waals surface area contributed by atoms with E-state index in [-0.39, 0.29) is 24.4 Å². The zero-order chi connectivity index (χ0) is 7.56. The third-order valence-corrected chi connectivity index (χ3v) is 1.71. The topological polar surface area (TPSA) is 63.3 Å². The molecule has 2 unspecified atom stereocenters. The summed E-state index contributed by atoms with van der Waals surface area (Å²) in [6, 6.07) is -0.0603. The molecule has 64 valence electrons. The molecule has 0 spiro atoms. The average molecular weight is 178 g/mol. The summed E-state index contributed by atoms with van der Waals surface area (Å²) in [5.41, 5.74) is 5.51. The van der Waals surface area contributed by atoms with Crippen LogP contribution in [0.25, 0.3) is 0 Å². The van der Waals surface area contributed by atoms with E-state index in [0.717, 1.165) is 0 Å². The van der Waals surface area contributed by atoms with Gasteiger partial charge in [-0.05, 0) is 12.8 Å². The Balaban J connectivity index is 0.000001000. The molecule has 0 amide bonds. The van der Waals surface area contributed by atoms with Gasteiger partial charge in [0.2, 0.25) is 0 Å². The molecule has 3 nitrogen and oxygen atoms in total. The van der Waals surface area contributed by atoms with Crippen molar-refractivity contribution in [1.29, 1.82) is 0 Å². The van der Waals surface area contributed by atoms with E-state index in [1.165, 1.54) is 0 Å². The molecule has 11 heavy (non-hydrogen) atoms. The normalized spacial score (nSPS) is 29.2. The van der Waals surface area contributed by atoms with Gasteiger partial charge in [0, 0.05) is 6.04 Å². The molecule has 0 radical (unpaired) electrons. The van der Waals surface area contributed by atoms with E-state index in [9.17, 15) is 4.79 Å². The molecule has 0 aromatic heterocycles. The van der Waals surface area contributed by atoms with Gasteiger partial charge in [-0.1, -0.05) is 12.2 Å². The van der Waals surface area contributed by atoms with E-state index in [2.05, 4.69) is 0 Å². The van der Waals surface area contributed by atoms with Crippen molar-refractivity contribution in [2.24, 2.45) is 11.7 Å². The SMILES string of the molecule is Cl.NC1C=CCC(C(=O)O)C1. The number of hydrogen-bond donors (Lipinski definition) is 2. The Kier molecular flexibility index (Phi) is 4.15. The highest BCUT2D eigenvalue weighted by Gasteiger charge is 2.20. The van der Waals surface area contributed by atoms with Crippen LogP contribution in [0.3, 0.4) is 0 Å². The first-order valence-electron chi connectivity index (χ1n) is 3.35. The Morgan fingerprint density at radius 3 is 2.64 bits per heavy atom. The number of carboxylic acids is 1. The maximum atomic E-state index is 10.4. The van der Waals surface area contributed by atoms with Crippen molar-refractivity contribution in [3.63, 3.8) is 0 Å². The number of rotatable bonds is 1. The largest absolute Gasteiger partial charge is 0.481 e. The van der Waals surface area contributed by atoms with Crippen LogP contribution in [0.4, 0.5) is 0 Å². The summed E-state index contributed by atoms with van der Waals surface area (Å²) in [4.78, 5) is 10.4. The van der Waals surface area contributed by atoms with Gasteiger partial charge < -0.3 is 10.8 Å². The Morgan fingerprint density at radius 1 is 1.64 bits per heavy atom. The lowest BCUT2D eigenvalue weighted by atomic mass is 9.92. The second kappa shape index (κ2) is 4.36. The predicted octanol–water partition coefficient (Wildman–Crippen LogP) is 0.786. The third kappa shape index (κ3) is 2.91. The zero-order valence-corrected chi connectivity index (χ0v) is 6.88. The molecule has 0 saturated heterocycles. The Hall–Kier alpha value is -0.540. The van der Waals surface area contributed by atoms with E-state index >= 15 is 0 Å². The molecule has 1 rings (SSSR count). The van der Waals surface area contributed by atoms with Crippen molar-refractivity contribution in [3.8, 4) is 0 Å². The van der Waals surface area contributed by atoms with Gasteiger partial charge in [-0.25, -0.2) is 0 Å². The Bertz CT molecular complexity index is 170. The van der Waals surface area contributed by atoms with E-state index in [1.807, 2.05) is 12.2 Å². The quantitative estimate of drug-likeness (QED) is 0.582. The molecule has 1 aliphatic rings. The number of carbonyl (C=O) groups is 1. The minimum absolute atomic E-state index is 0. The van der Waals surface area contributed by atoms with Crippen LogP contribution < -0.4 is 5.73 Å². The van der Waals surface area contributed by atoms with Gasteiger partial charge >= 0.3 is 5.97 Å². The van der Waals surface area contributed by atoms with Gasteiger partial charge in [-0.3, -0.25) is 4.79 Å². The van der Waals surface area contributed by atoms with Crippen LogP contribution in [0.15, 0.2) is 12.2 Å². The minimum atomic E-state index is -0.736. The van der Waals surface area contributed by atoms with E-state index in [4.69, 9.17) is 10.8 Å². The first-order valence-corrected chi connectivity index (χ1v) is 3.35. The van der Waals surface area contributed by atoms with Crippen molar-refractivity contribution < 1.29 is 9.90 Å². The first-order chi connectivity index (χ1) is 4.70. The van der Waals surface area contributed by atoms with Crippen molar-refractivity contribution >= 4 is 18.4 Å².